The molecule has 0 unspecified atom stereocenters. The lowest BCUT2D eigenvalue weighted by atomic mass is 10.0. The standard InChI is InChI=1S/C9H17N3O3/c1-5(13)11-4-7-2-6(3-8(7)14)9(15)12-10/h6-8,14H,2-4,10H2,1H3,(H,11,13)(H,12,15)/t6-,7+,8+/m0/s1. The second-order valence-corrected chi connectivity index (χ2v) is 3.94. The first-order valence-electron chi connectivity index (χ1n) is 4.97. The Morgan fingerprint density at radius 2 is 2.13 bits per heavy atom. The third kappa shape index (κ3) is 3.17. The zero-order valence-corrected chi connectivity index (χ0v) is 8.69. The van der Waals surface area contributed by atoms with Gasteiger partial charge in [-0.05, 0) is 12.8 Å². The quantitative estimate of drug-likeness (QED) is 0.261. The summed E-state index contributed by atoms with van der Waals surface area (Å²) in [6.45, 7) is 1.83. The van der Waals surface area contributed by atoms with Gasteiger partial charge in [0.15, 0.2) is 0 Å². The second kappa shape index (κ2) is 5.09. The Bertz CT molecular complexity index is 257. The van der Waals surface area contributed by atoms with E-state index in [0.717, 1.165) is 0 Å². The van der Waals surface area contributed by atoms with Crippen LogP contribution in [0.4, 0.5) is 0 Å². The van der Waals surface area contributed by atoms with Crippen LogP contribution in [0.3, 0.4) is 0 Å². The topological polar surface area (TPSA) is 104 Å². The van der Waals surface area contributed by atoms with E-state index in [1.165, 1.54) is 6.92 Å². The van der Waals surface area contributed by atoms with Crippen LogP contribution >= 0.6 is 0 Å². The van der Waals surface area contributed by atoms with Gasteiger partial charge in [0, 0.05) is 25.3 Å². The summed E-state index contributed by atoms with van der Waals surface area (Å²) in [6, 6.07) is 0. The van der Waals surface area contributed by atoms with Crippen molar-refractivity contribution in [3.05, 3.63) is 0 Å². The van der Waals surface area contributed by atoms with Crippen molar-refractivity contribution >= 4 is 11.8 Å². The molecule has 0 saturated heterocycles. The molecule has 0 radical (unpaired) electrons. The molecule has 0 aromatic heterocycles. The molecule has 0 bridgehead atoms. The lowest BCUT2D eigenvalue weighted by Gasteiger charge is -2.13. The van der Waals surface area contributed by atoms with Gasteiger partial charge >= 0.3 is 0 Å². The van der Waals surface area contributed by atoms with Crippen LogP contribution in [0.25, 0.3) is 0 Å². The molecule has 1 aliphatic rings. The summed E-state index contributed by atoms with van der Waals surface area (Å²) in [5, 5.41) is 12.3. The van der Waals surface area contributed by atoms with Crippen LogP contribution in [0, 0.1) is 11.8 Å². The van der Waals surface area contributed by atoms with Crippen LogP contribution in [0.15, 0.2) is 0 Å². The van der Waals surface area contributed by atoms with E-state index in [-0.39, 0.29) is 23.7 Å². The summed E-state index contributed by atoms with van der Waals surface area (Å²) in [4.78, 5) is 21.9. The van der Waals surface area contributed by atoms with E-state index in [0.29, 0.717) is 19.4 Å². The van der Waals surface area contributed by atoms with Gasteiger partial charge in [-0.15, -0.1) is 0 Å². The number of amides is 2. The van der Waals surface area contributed by atoms with Crippen LogP contribution in [0.1, 0.15) is 19.8 Å². The highest BCUT2D eigenvalue weighted by molar-refractivity contribution is 5.78. The van der Waals surface area contributed by atoms with E-state index >= 15 is 0 Å². The van der Waals surface area contributed by atoms with Gasteiger partial charge in [0.1, 0.15) is 0 Å². The Labute approximate surface area is 88.2 Å². The SMILES string of the molecule is CC(=O)NC[C@H]1C[C@H](C(=O)NN)C[C@H]1O. The molecule has 1 saturated carbocycles. The zero-order valence-electron chi connectivity index (χ0n) is 8.69. The first-order chi connectivity index (χ1) is 7.04. The lowest BCUT2D eigenvalue weighted by Crippen LogP contribution is -2.35. The van der Waals surface area contributed by atoms with Crippen molar-refractivity contribution in [3.8, 4) is 0 Å². The maximum absolute atomic E-state index is 11.2. The van der Waals surface area contributed by atoms with Crippen LogP contribution in [-0.4, -0.2) is 29.6 Å². The summed E-state index contributed by atoms with van der Waals surface area (Å²) < 4.78 is 0. The fraction of sp³-hybridized carbons (Fsp3) is 0.778. The summed E-state index contributed by atoms with van der Waals surface area (Å²) in [6.07, 6.45) is 0.428. The normalized spacial score (nSPS) is 29.9. The molecule has 2 amide bonds. The van der Waals surface area contributed by atoms with E-state index in [2.05, 4.69) is 10.7 Å². The summed E-state index contributed by atoms with van der Waals surface area (Å²) in [5.41, 5.74) is 2.08. The minimum Gasteiger partial charge on any atom is -0.393 e. The molecule has 0 aromatic carbocycles. The molecule has 86 valence electrons. The molecular formula is C9H17N3O3. The fourth-order valence-electron chi connectivity index (χ4n) is 1.93. The molecule has 1 aliphatic carbocycles. The van der Waals surface area contributed by atoms with E-state index < -0.39 is 6.10 Å². The highest BCUT2D eigenvalue weighted by atomic mass is 16.3. The van der Waals surface area contributed by atoms with Gasteiger partial charge in [-0.3, -0.25) is 15.0 Å². The van der Waals surface area contributed by atoms with Crippen molar-refractivity contribution in [1.29, 1.82) is 0 Å². The van der Waals surface area contributed by atoms with E-state index in [1.807, 2.05) is 0 Å². The Kier molecular flexibility index (Phi) is 4.05. The maximum atomic E-state index is 11.2. The number of hydrazine groups is 1. The lowest BCUT2D eigenvalue weighted by molar-refractivity contribution is -0.125. The molecule has 0 heterocycles. The first kappa shape index (κ1) is 11.9. The second-order valence-electron chi connectivity index (χ2n) is 3.94. The summed E-state index contributed by atoms with van der Waals surface area (Å²) in [5.74, 6) is 4.33. The van der Waals surface area contributed by atoms with Gasteiger partial charge in [-0.2, -0.15) is 0 Å². The molecule has 6 nitrogen and oxygen atoms in total. The van der Waals surface area contributed by atoms with Crippen LogP contribution in [0.5, 0.6) is 0 Å². The molecule has 6 heteroatoms. The van der Waals surface area contributed by atoms with Gasteiger partial charge in [0.05, 0.1) is 6.10 Å². The molecule has 0 aliphatic heterocycles. The average molecular weight is 215 g/mol. The van der Waals surface area contributed by atoms with E-state index in [1.54, 1.807) is 0 Å². The molecule has 1 fully saturated rings. The van der Waals surface area contributed by atoms with Gasteiger partial charge < -0.3 is 10.4 Å². The number of hydrogen-bond acceptors (Lipinski definition) is 4. The number of nitrogens with two attached hydrogens (primary N) is 1. The van der Waals surface area contributed by atoms with Crippen molar-refractivity contribution in [2.75, 3.05) is 6.54 Å². The average Bonchev–Trinajstić information content (AvgIpc) is 2.55. The zero-order chi connectivity index (χ0) is 11.4. The predicted molar refractivity (Wildman–Crippen MR) is 53.2 cm³/mol. The number of aliphatic hydroxyl groups excluding tert-OH is 1. The Hall–Kier alpha value is -1.14. The largest absolute Gasteiger partial charge is 0.393 e. The predicted octanol–water partition coefficient (Wildman–Crippen LogP) is -1.50. The van der Waals surface area contributed by atoms with Gasteiger partial charge in [-0.1, -0.05) is 0 Å². The Morgan fingerprint density at radius 1 is 1.47 bits per heavy atom. The molecule has 15 heavy (non-hydrogen) atoms. The third-order valence-corrected chi connectivity index (χ3v) is 2.78. The third-order valence-electron chi connectivity index (χ3n) is 2.78. The van der Waals surface area contributed by atoms with Gasteiger partial charge in [-0.25, -0.2) is 5.84 Å². The Balaban J connectivity index is 2.42. The molecule has 3 atom stereocenters. The maximum Gasteiger partial charge on any atom is 0.237 e. The number of rotatable bonds is 3. The monoisotopic (exact) mass is 215 g/mol. The smallest absolute Gasteiger partial charge is 0.237 e. The van der Waals surface area contributed by atoms with Crippen molar-refractivity contribution in [3.63, 3.8) is 0 Å². The minimum absolute atomic E-state index is 0.0591. The fourth-order valence-corrected chi connectivity index (χ4v) is 1.93. The minimum atomic E-state index is -0.542. The molecule has 0 spiro atoms. The Morgan fingerprint density at radius 3 is 2.67 bits per heavy atom. The van der Waals surface area contributed by atoms with Crippen molar-refractivity contribution < 1.29 is 14.7 Å². The molecule has 1 rings (SSSR count). The highest BCUT2D eigenvalue weighted by Gasteiger charge is 2.36. The van der Waals surface area contributed by atoms with E-state index in [9.17, 15) is 14.7 Å². The van der Waals surface area contributed by atoms with Crippen LogP contribution < -0.4 is 16.6 Å². The van der Waals surface area contributed by atoms with Gasteiger partial charge in [0.25, 0.3) is 0 Å². The number of carbonyl (C=O) groups is 2. The molecule has 0 aromatic rings. The van der Waals surface area contributed by atoms with E-state index in [4.69, 9.17) is 5.84 Å². The number of aliphatic hydroxyl groups is 1. The summed E-state index contributed by atoms with van der Waals surface area (Å²) >= 11 is 0. The van der Waals surface area contributed by atoms with Gasteiger partial charge in [0.2, 0.25) is 11.8 Å². The number of carbonyl (C=O) groups excluding carboxylic acids is 2. The van der Waals surface area contributed by atoms with Crippen molar-refractivity contribution in [1.82, 2.24) is 10.7 Å². The summed E-state index contributed by atoms with van der Waals surface area (Å²) in [7, 11) is 0. The number of nitrogens with one attached hydrogen (secondary N) is 2. The van der Waals surface area contributed by atoms with Crippen molar-refractivity contribution in [2.24, 2.45) is 17.7 Å². The molecular weight excluding hydrogens is 198 g/mol. The highest BCUT2D eigenvalue weighted by Crippen LogP contribution is 2.30. The molecule has 5 N–H and O–H groups in total. The van der Waals surface area contributed by atoms with Crippen LogP contribution in [-0.2, 0) is 9.59 Å². The first-order valence-corrected chi connectivity index (χ1v) is 4.97. The number of hydrogen-bond donors (Lipinski definition) is 4. The van der Waals surface area contributed by atoms with Crippen molar-refractivity contribution in [2.45, 2.75) is 25.9 Å². The van der Waals surface area contributed by atoms with Crippen LogP contribution in [0.2, 0.25) is 0 Å².